The molecule has 2 heterocycles. The van der Waals surface area contributed by atoms with E-state index >= 15 is 0 Å². The SMILES string of the molecule is C1=Cc2cc3c(cc2Cc2ccccc21)Oc1ccccc1N3c1ccc2c(c1)C1(c3cc(N4c5ccccc5Oc5cc6c(cc54)C=Cc4ccccc4C6)ccc3C=C2)c2ccccc2-c2ccccc21. The Morgan fingerprint density at radius 3 is 1.21 bits per heavy atom. The van der Waals surface area contributed by atoms with Gasteiger partial charge in [0.1, 0.15) is 0 Å². The highest BCUT2D eigenvalue weighted by molar-refractivity contribution is 5.96. The van der Waals surface area contributed by atoms with Crippen molar-refractivity contribution in [3.63, 3.8) is 0 Å². The molecule has 16 rings (SSSR count). The average molecular weight is 933 g/mol. The Kier molecular flexibility index (Phi) is 8.46. The van der Waals surface area contributed by atoms with E-state index in [1.165, 1.54) is 89.0 Å². The standard InChI is InChI=1S/C69H44N2O2/c1-3-15-47-35-51-39-67-63(37-49(51)29-25-43(47)13-1)70(61-21-9-11-23-65(61)72-67)53-33-31-45-27-28-46-32-34-54(42-60(46)69(59(45)41-53)57-19-7-5-17-55(57)56-18-6-8-20-58(56)69)71-62-22-10-12-24-66(62)73-68-40-52-36-48-16-4-2-14-44(48)26-30-50(52)38-64(68)71/h1-34,37-42H,35-36H2. The van der Waals surface area contributed by atoms with Crippen LogP contribution in [0, 0.1) is 0 Å². The number of anilines is 6. The van der Waals surface area contributed by atoms with E-state index in [0.717, 1.165) is 70.0 Å². The molecule has 4 nitrogen and oxygen atoms in total. The van der Waals surface area contributed by atoms with Crippen LogP contribution in [-0.4, -0.2) is 0 Å². The lowest BCUT2D eigenvalue weighted by molar-refractivity contribution is 0.476. The van der Waals surface area contributed by atoms with Gasteiger partial charge in [-0.3, -0.25) is 0 Å². The van der Waals surface area contributed by atoms with Gasteiger partial charge in [0.25, 0.3) is 0 Å². The molecular weight excluding hydrogens is 889 g/mol. The third-order valence-corrected chi connectivity index (χ3v) is 16.1. The van der Waals surface area contributed by atoms with Gasteiger partial charge in [-0.1, -0.05) is 170 Å². The van der Waals surface area contributed by atoms with Crippen molar-refractivity contribution in [3.05, 3.63) is 284 Å². The Bertz CT molecular complexity index is 3870. The summed E-state index contributed by atoms with van der Waals surface area (Å²) < 4.78 is 13.7. The molecular formula is C69H44N2O2. The summed E-state index contributed by atoms with van der Waals surface area (Å²) >= 11 is 0. The van der Waals surface area contributed by atoms with Gasteiger partial charge in [0.2, 0.25) is 0 Å². The topological polar surface area (TPSA) is 24.9 Å². The lowest BCUT2D eigenvalue weighted by Crippen LogP contribution is -2.31. The Hall–Kier alpha value is -9.38. The fourth-order valence-corrected chi connectivity index (χ4v) is 12.8. The van der Waals surface area contributed by atoms with Gasteiger partial charge in [-0.25, -0.2) is 0 Å². The zero-order valence-corrected chi connectivity index (χ0v) is 39.7. The van der Waals surface area contributed by atoms with Crippen LogP contribution >= 0.6 is 0 Å². The van der Waals surface area contributed by atoms with Gasteiger partial charge in [-0.15, -0.1) is 0 Å². The minimum absolute atomic E-state index is 0.707. The van der Waals surface area contributed by atoms with E-state index in [-0.39, 0.29) is 0 Å². The molecule has 342 valence electrons. The third kappa shape index (κ3) is 5.89. The van der Waals surface area contributed by atoms with E-state index in [1.54, 1.807) is 0 Å². The highest BCUT2D eigenvalue weighted by Gasteiger charge is 2.49. The lowest BCUT2D eigenvalue weighted by Gasteiger charge is -2.39. The molecule has 0 atom stereocenters. The van der Waals surface area contributed by atoms with Crippen LogP contribution in [0.3, 0.4) is 0 Å². The molecule has 0 saturated heterocycles. The van der Waals surface area contributed by atoms with Gasteiger partial charge < -0.3 is 19.3 Å². The molecule has 0 radical (unpaired) electrons. The predicted molar refractivity (Wildman–Crippen MR) is 299 cm³/mol. The highest BCUT2D eigenvalue weighted by Crippen LogP contribution is 2.61. The molecule has 2 aliphatic heterocycles. The number of para-hydroxylation sites is 4. The summed E-state index contributed by atoms with van der Waals surface area (Å²) in [4.78, 5) is 4.84. The lowest BCUT2D eigenvalue weighted by atomic mass is 9.66. The monoisotopic (exact) mass is 932 g/mol. The van der Waals surface area contributed by atoms with Crippen molar-refractivity contribution in [2.45, 2.75) is 18.3 Å². The summed E-state index contributed by atoms with van der Waals surface area (Å²) in [5.74, 6) is 3.37. The molecule has 0 amide bonds. The normalized spacial score (nSPS) is 14.8. The first-order valence-corrected chi connectivity index (χ1v) is 25.3. The van der Waals surface area contributed by atoms with Crippen molar-refractivity contribution in [2.24, 2.45) is 0 Å². The van der Waals surface area contributed by atoms with Crippen LogP contribution in [0.4, 0.5) is 34.1 Å². The summed E-state index contributed by atoms with van der Waals surface area (Å²) in [7, 11) is 0. The fraction of sp³-hybridized carbons (Fsp3) is 0.0435. The van der Waals surface area contributed by atoms with Crippen LogP contribution in [-0.2, 0) is 18.3 Å². The molecule has 0 unspecified atom stereocenters. The van der Waals surface area contributed by atoms with Crippen LogP contribution in [0.1, 0.15) is 77.9 Å². The minimum atomic E-state index is -0.707. The molecule has 10 aromatic rings. The fourth-order valence-electron chi connectivity index (χ4n) is 12.8. The molecule has 73 heavy (non-hydrogen) atoms. The van der Waals surface area contributed by atoms with Crippen LogP contribution < -0.4 is 19.3 Å². The zero-order chi connectivity index (χ0) is 47.8. The first kappa shape index (κ1) is 40.4. The molecule has 4 aliphatic carbocycles. The second-order valence-electron chi connectivity index (χ2n) is 20.0. The Labute approximate surface area is 424 Å². The highest BCUT2D eigenvalue weighted by atomic mass is 16.5. The van der Waals surface area contributed by atoms with Gasteiger partial charge >= 0.3 is 0 Å². The largest absolute Gasteiger partial charge is 0.453 e. The number of hydrogen-bond acceptors (Lipinski definition) is 4. The molecule has 0 saturated carbocycles. The average Bonchev–Trinajstić information content (AvgIpc) is 3.58. The van der Waals surface area contributed by atoms with E-state index in [9.17, 15) is 0 Å². The van der Waals surface area contributed by atoms with Gasteiger partial charge in [-0.05, 0) is 175 Å². The maximum atomic E-state index is 6.87. The van der Waals surface area contributed by atoms with Crippen molar-refractivity contribution in [3.8, 4) is 34.1 Å². The molecule has 10 aromatic carbocycles. The Balaban J connectivity index is 0.922. The number of nitrogens with zero attached hydrogens (tertiary/aromatic N) is 2. The Morgan fingerprint density at radius 2 is 0.699 bits per heavy atom. The van der Waals surface area contributed by atoms with E-state index < -0.39 is 5.41 Å². The molecule has 0 bridgehead atoms. The van der Waals surface area contributed by atoms with E-state index in [2.05, 4.69) is 253 Å². The van der Waals surface area contributed by atoms with Crippen molar-refractivity contribution in [2.75, 3.05) is 9.80 Å². The smallest absolute Gasteiger partial charge is 0.151 e. The molecule has 4 heteroatoms. The summed E-state index contributed by atoms with van der Waals surface area (Å²) in [6.45, 7) is 0. The second kappa shape index (κ2) is 15.3. The molecule has 1 spiro atoms. The maximum Gasteiger partial charge on any atom is 0.151 e. The van der Waals surface area contributed by atoms with Crippen LogP contribution in [0.5, 0.6) is 23.0 Å². The first-order chi connectivity index (χ1) is 36.1. The summed E-state index contributed by atoms with van der Waals surface area (Å²) in [6.07, 6.45) is 15.4. The minimum Gasteiger partial charge on any atom is -0.453 e. The third-order valence-electron chi connectivity index (χ3n) is 16.1. The van der Waals surface area contributed by atoms with Crippen molar-refractivity contribution in [1.82, 2.24) is 0 Å². The van der Waals surface area contributed by atoms with Crippen LogP contribution in [0.15, 0.2) is 206 Å². The number of benzene rings is 10. The number of rotatable bonds is 2. The van der Waals surface area contributed by atoms with Crippen molar-refractivity contribution >= 4 is 70.6 Å². The molecule has 0 N–H and O–H groups in total. The van der Waals surface area contributed by atoms with Gasteiger partial charge in [0.15, 0.2) is 23.0 Å². The zero-order valence-electron chi connectivity index (χ0n) is 39.7. The van der Waals surface area contributed by atoms with E-state index in [4.69, 9.17) is 9.47 Å². The van der Waals surface area contributed by atoms with E-state index in [1.807, 2.05) is 0 Å². The molecule has 6 aliphatic rings. The van der Waals surface area contributed by atoms with Crippen molar-refractivity contribution < 1.29 is 9.47 Å². The molecule has 0 fully saturated rings. The number of ether oxygens (including phenoxy) is 2. The predicted octanol–water partition coefficient (Wildman–Crippen LogP) is 17.8. The summed E-state index contributed by atoms with van der Waals surface area (Å²) in [5.41, 5.74) is 25.3. The van der Waals surface area contributed by atoms with Crippen molar-refractivity contribution in [1.29, 1.82) is 0 Å². The quantitative estimate of drug-likeness (QED) is 0.172. The van der Waals surface area contributed by atoms with E-state index in [0.29, 0.717) is 0 Å². The van der Waals surface area contributed by atoms with Gasteiger partial charge in [-0.2, -0.15) is 0 Å². The first-order valence-electron chi connectivity index (χ1n) is 25.3. The summed E-state index contributed by atoms with van der Waals surface area (Å²) in [6, 6.07) is 75.9. The molecule has 0 aromatic heterocycles. The second-order valence-corrected chi connectivity index (χ2v) is 20.0. The van der Waals surface area contributed by atoms with Gasteiger partial charge in [0.05, 0.1) is 28.2 Å². The number of hydrogen-bond donors (Lipinski definition) is 0. The Morgan fingerprint density at radius 1 is 0.288 bits per heavy atom. The summed E-state index contributed by atoms with van der Waals surface area (Å²) in [5, 5.41) is 0. The van der Waals surface area contributed by atoms with Gasteiger partial charge in [0, 0.05) is 11.4 Å². The van der Waals surface area contributed by atoms with Crippen LogP contribution in [0.25, 0.3) is 47.6 Å². The van der Waals surface area contributed by atoms with Crippen LogP contribution in [0.2, 0.25) is 0 Å². The maximum absolute atomic E-state index is 6.87. The number of fused-ring (bicyclic) bond motifs is 17.